The van der Waals surface area contributed by atoms with E-state index >= 15 is 0 Å². The SMILES string of the molecule is COc1cccc(C(CO)Cc2ccccc2F)c1. The van der Waals surface area contributed by atoms with Gasteiger partial charge in [-0.15, -0.1) is 0 Å². The minimum absolute atomic E-state index is 0.0263. The van der Waals surface area contributed by atoms with Crippen molar-refractivity contribution in [2.75, 3.05) is 13.7 Å². The topological polar surface area (TPSA) is 29.5 Å². The van der Waals surface area contributed by atoms with E-state index in [0.29, 0.717) is 12.0 Å². The predicted molar refractivity (Wildman–Crippen MR) is 72.9 cm³/mol. The molecule has 0 heterocycles. The molecular formula is C16H17FO2. The molecule has 0 aliphatic heterocycles. The molecule has 1 N–H and O–H groups in total. The Labute approximate surface area is 112 Å². The second-order valence-electron chi connectivity index (χ2n) is 4.45. The predicted octanol–water partition coefficient (Wildman–Crippen LogP) is 3.15. The molecule has 0 bridgehead atoms. The van der Waals surface area contributed by atoms with Gasteiger partial charge in [-0.3, -0.25) is 0 Å². The molecule has 0 aliphatic rings. The summed E-state index contributed by atoms with van der Waals surface area (Å²) < 4.78 is 18.8. The van der Waals surface area contributed by atoms with Crippen LogP contribution in [-0.4, -0.2) is 18.8 Å². The first-order chi connectivity index (χ1) is 9.24. The normalized spacial score (nSPS) is 12.2. The fourth-order valence-corrected chi connectivity index (χ4v) is 2.11. The van der Waals surface area contributed by atoms with Gasteiger partial charge in [0.15, 0.2) is 0 Å². The number of hydrogen-bond donors (Lipinski definition) is 1. The lowest BCUT2D eigenvalue weighted by Gasteiger charge is -2.16. The Morgan fingerprint density at radius 2 is 1.95 bits per heavy atom. The number of ether oxygens (including phenoxy) is 1. The summed E-state index contributed by atoms with van der Waals surface area (Å²) in [5.74, 6) is 0.375. The Bertz CT molecular complexity index is 540. The Morgan fingerprint density at radius 1 is 1.16 bits per heavy atom. The highest BCUT2D eigenvalue weighted by Crippen LogP contribution is 2.25. The van der Waals surface area contributed by atoms with Crippen LogP contribution in [0.15, 0.2) is 48.5 Å². The van der Waals surface area contributed by atoms with E-state index in [-0.39, 0.29) is 18.3 Å². The van der Waals surface area contributed by atoms with Crippen molar-refractivity contribution in [3.05, 3.63) is 65.5 Å². The van der Waals surface area contributed by atoms with Gasteiger partial charge in [-0.25, -0.2) is 4.39 Å². The van der Waals surface area contributed by atoms with E-state index < -0.39 is 0 Å². The molecular weight excluding hydrogens is 243 g/mol. The number of aliphatic hydroxyl groups excluding tert-OH is 1. The standard InChI is InChI=1S/C16H17FO2/c1-19-15-7-4-6-12(10-15)14(11-18)9-13-5-2-3-8-16(13)17/h2-8,10,14,18H,9,11H2,1H3. The van der Waals surface area contributed by atoms with Gasteiger partial charge in [0.1, 0.15) is 11.6 Å². The number of aliphatic hydroxyl groups is 1. The maximum Gasteiger partial charge on any atom is 0.126 e. The van der Waals surface area contributed by atoms with E-state index in [2.05, 4.69) is 0 Å². The first-order valence-electron chi connectivity index (χ1n) is 6.23. The van der Waals surface area contributed by atoms with Crippen LogP contribution in [0.3, 0.4) is 0 Å². The Hall–Kier alpha value is -1.87. The zero-order chi connectivity index (χ0) is 13.7. The molecule has 0 saturated carbocycles. The fraction of sp³-hybridized carbons (Fsp3) is 0.250. The van der Waals surface area contributed by atoms with Gasteiger partial charge in [0.2, 0.25) is 0 Å². The molecule has 0 amide bonds. The number of methoxy groups -OCH3 is 1. The molecule has 0 aromatic heterocycles. The van der Waals surface area contributed by atoms with E-state index in [1.54, 1.807) is 25.3 Å². The molecule has 3 heteroatoms. The van der Waals surface area contributed by atoms with Gasteiger partial charge >= 0.3 is 0 Å². The molecule has 2 nitrogen and oxygen atoms in total. The average molecular weight is 260 g/mol. The lowest BCUT2D eigenvalue weighted by molar-refractivity contribution is 0.263. The first-order valence-corrected chi connectivity index (χ1v) is 6.23. The molecule has 19 heavy (non-hydrogen) atoms. The second kappa shape index (κ2) is 6.34. The van der Waals surface area contributed by atoms with Crippen LogP contribution < -0.4 is 4.74 Å². The average Bonchev–Trinajstić information content (AvgIpc) is 2.46. The third-order valence-corrected chi connectivity index (χ3v) is 3.21. The summed E-state index contributed by atoms with van der Waals surface area (Å²) in [4.78, 5) is 0. The van der Waals surface area contributed by atoms with Gasteiger partial charge in [0.05, 0.1) is 13.7 Å². The monoisotopic (exact) mass is 260 g/mol. The van der Waals surface area contributed by atoms with Crippen molar-refractivity contribution in [1.29, 1.82) is 0 Å². The van der Waals surface area contributed by atoms with Crippen LogP contribution in [0.5, 0.6) is 5.75 Å². The van der Waals surface area contributed by atoms with Gasteiger partial charge in [-0.1, -0.05) is 30.3 Å². The molecule has 0 spiro atoms. The molecule has 0 saturated heterocycles. The summed E-state index contributed by atoms with van der Waals surface area (Å²) in [5, 5.41) is 9.53. The van der Waals surface area contributed by atoms with Crippen molar-refractivity contribution in [1.82, 2.24) is 0 Å². The van der Waals surface area contributed by atoms with Crippen molar-refractivity contribution in [3.8, 4) is 5.75 Å². The van der Waals surface area contributed by atoms with Crippen LogP contribution in [-0.2, 0) is 6.42 Å². The van der Waals surface area contributed by atoms with Crippen LogP contribution in [0.2, 0.25) is 0 Å². The summed E-state index contributed by atoms with van der Waals surface area (Å²) in [5.41, 5.74) is 1.56. The zero-order valence-corrected chi connectivity index (χ0v) is 10.8. The van der Waals surface area contributed by atoms with Crippen molar-refractivity contribution in [2.24, 2.45) is 0 Å². The third kappa shape index (κ3) is 3.32. The number of rotatable bonds is 5. The zero-order valence-electron chi connectivity index (χ0n) is 10.8. The van der Waals surface area contributed by atoms with Crippen LogP contribution in [0.1, 0.15) is 17.0 Å². The van der Waals surface area contributed by atoms with Crippen molar-refractivity contribution in [3.63, 3.8) is 0 Å². The molecule has 0 fully saturated rings. The van der Waals surface area contributed by atoms with Crippen LogP contribution in [0.4, 0.5) is 4.39 Å². The van der Waals surface area contributed by atoms with E-state index in [1.165, 1.54) is 6.07 Å². The minimum Gasteiger partial charge on any atom is -0.497 e. The third-order valence-electron chi connectivity index (χ3n) is 3.21. The maximum absolute atomic E-state index is 13.6. The molecule has 1 atom stereocenters. The van der Waals surface area contributed by atoms with Crippen molar-refractivity contribution < 1.29 is 14.2 Å². The van der Waals surface area contributed by atoms with E-state index in [1.807, 2.05) is 24.3 Å². The van der Waals surface area contributed by atoms with E-state index in [4.69, 9.17) is 4.74 Å². The van der Waals surface area contributed by atoms with Crippen LogP contribution in [0, 0.1) is 5.82 Å². The summed E-state index contributed by atoms with van der Waals surface area (Å²) in [7, 11) is 1.60. The Kier molecular flexibility index (Phi) is 4.53. The number of benzene rings is 2. The molecule has 2 aromatic rings. The summed E-state index contributed by atoms with van der Waals surface area (Å²) in [6, 6.07) is 14.2. The summed E-state index contributed by atoms with van der Waals surface area (Å²) in [6.07, 6.45) is 0.469. The number of halogens is 1. The van der Waals surface area contributed by atoms with E-state index in [9.17, 15) is 9.50 Å². The lowest BCUT2D eigenvalue weighted by atomic mass is 9.92. The molecule has 0 radical (unpaired) electrons. The van der Waals surface area contributed by atoms with Gasteiger partial charge in [0.25, 0.3) is 0 Å². The van der Waals surface area contributed by atoms with Gasteiger partial charge in [-0.2, -0.15) is 0 Å². The Balaban J connectivity index is 2.22. The van der Waals surface area contributed by atoms with Crippen LogP contribution in [0.25, 0.3) is 0 Å². The molecule has 1 unspecified atom stereocenters. The summed E-state index contributed by atoms with van der Waals surface area (Å²) in [6.45, 7) is -0.0263. The highest BCUT2D eigenvalue weighted by molar-refractivity contribution is 5.32. The van der Waals surface area contributed by atoms with E-state index in [0.717, 1.165) is 11.3 Å². The van der Waals surface area contributed by atoms with Crippen molar-refractivity contribution >= 4 is 0 Å². The number of hydrogen-bond acceptors (Lipinski definition) is 2. The quantitative estimate of drug-likeness (QED) is 0.894. The highest BCUT2D eigenvalue weighted by atomic mass is 19.1. The first kappa shape index (κ1) is 13.6. The fourth-order valence-electron chi connectivity index (χ4n) is 2.11. The van der Waals surface area contributed by atoms with Crippen LogP contribution >= 0.6 is 0 Å². The maximum atomic E-state index is 13.6. The highest BCUT2D eigenvalue weighted by Gasteiger charge is 2.14. The van der Waals surface area contributed by atoms with Gasteiger partial charge in [-0.05, 0) is 35.7 Å². The minimum atomic E-state index is -0.233. The molecule has 100 valence electrons. The lowest BCUT2D eigenvalue weighted by Crippen LogP contribution is -2.09. The van der Waals surface area contributed by atoms with Gasteiger partial charge < -0.3 is 9.84 Å². The molecule has 2 rings (SSSR count). The Morgan fingerprint density at radius 3 is 2.63 bits per heavy atom. The van der Waals surface area contributed by atoms with Crippen molar-refractivity contribution in [2.45, 2.75) is 12.3 Å². The van der Waals surface area contributed by atoms with Gasteiger partial charge in [0, 0.05) is 5.92 Å². The molecule has 0 aliphatic carbocycles. The summed E-state index contributed by atoms with van der Waals surface area (Å²) >= 11 is 0. The smallest absolute Gasteiger partial charge is 0.126 e. The second-order valence-corrected chi connectivity index (χ2v) is 4.45. The largest absolute Gasteiger partial charge is 0.497 e. The molecule has 2 aromatic carbocycles.